The number of sulfonamides is 1. The zero-order chi connectivity index (χ0) is 15.3. The van der Waals surface area contributed by atoms with Crippen molar-refractivity contribution in [2.24, 2.45) is 0 Å². The Bertz CT molecular complexity index is 545. The smallest absolute Gasteiger partial charge is 0.260 e. The minimum absolute atomic E-state index is 0.0263. The summed E-state index contributed by atoms with van der Waals surface area (Å²) in [6.07, 6.45) is 2.40. The van der Waals surface area contributed by atoms with E-state index < -0.39 is 10.0 Å². The van der Waals surface area contributed by atoms with Gasteiger partial charge in [-0.05, 0) is 24.6 Å². The molecule has 1 aliphatic heterocycles. The monoisotopic (exact) mass is 313 g/mol. The fourth-order valence-electron chi connectivity index (χ4n) is 2.23. The Morgan fingerprint density at radius 1 is 1.43 bits per heavy atom. The third-order valence-corrected chi connectivity index (χ3v) is 5.32. The van der Waals surface area contributed by atoms with Gasteiger partial charge < -0.3 is 10.1 Å². The van der Waals surface area contributed by atoms with Gasteiger partial charge in [0.1, 0.15) is 0 Å². The molecule has 7 heteroatoms. The number of hydrogen-bond donors (Lipinski definition) is 1. The first kappa shape index (κ1) is 16.4. The van der Waals surface area contributed by atoms with Crippen LogP contribution in [0.4, 0.5) is 0 Å². The Morgan fingerprint density at radius 2 is 2.24 bits per heavy atom. The van der Waals surface area contributed by atoms with Gasteiger partial charge in [-0.3, -0.25) is 0 Å². The first-order valence-electron chi connectivity index (χ1n) is 7.35. The van der Waals surface area contributed by atoms with E-state index in [0.717, 1.165) is 18.5 Å². The average Bonchev–Trinajstić information content (AvgIpc) is 2.53. The van der Waals surface area contributed by atoms with Crippen LogP contribution in [-0.4, -0.2) is 50.1 Å². The summed E-state index contributed by atoms with van der Waals surface area (Å²) in [7, 11) is -3.52. The maximum absolute atomic E-state index is 12.6. The molecule has 1 fully saturated rings. The molecule has 1 saturated heterocycles. The molecule has 1 unspecified atom stereocenters. The van der Waals surface area contributed by atoms with E-state index in [1.807, 2.05) is 13.8 Å². The van der Waals surface area contributed by atoms with E-state index in [1.54, 1.807) is 18.3 Å². The fraction of sp³-hybridized carbons (Fsp3) is 0.643. The number of morpholine rings is 1. The van der Waals surface area contributed by atoms with Gasteiger partial charge in [0.2, 0.25) is 0 Å². The first-order valence-corrected chi connectivity index (χ1v) is 8.79. The maximum Gasteiger partial charge on any atom is 0.260 e. The lowest BCUT2D eigenvalue weighted by molar-refractivity contribution is -0.00284. The highest BCUT2D eigenvalue weighted by atomic mass is 32.2. The second-order valence-corrected chi connectivity index (χ2v) is 6.93. The Labute approximate surface area is 126 Å². The molecule has 0 spiro atoms. The van der Waals surface area contributed by atoms with E-state index in [9.17, 15) is 8.42 Å². The van der Waals surface area contributed by atoms with Crippen molar-refractivity contribution in [3.8, 4) is 0 Å². The molecule has 6 nitrogen and oxygen atoms in total. The molecule has 118 valence electrons. The van der Waals surface area contributed by atoms with Crippen molar-refractivity contribution in [1.82, 2.24) is 14.6 Å². The number of rotatable bonds is 6. The minimum Gasteiger partial charge on any atom is -0.375 e. The minimum atomic E-state index is -3.52. The number of hydrogen-bond acceptors (Lipinski definition) is 5. The van der Waals surface area contributed by atoms with E-state index in [4.69, 9.17) is 4.74 Å². The highest BCUT2D eigenvalue weighted by molar-refractivity contribution is 7.89. The zero-order valence-corrected chi connectivity index (χ0v) is 13.4. The Kier molecular flexibility index (Phi) is 5.69. The summed E-state index contributed by atoms with van der Waals surface area (Å²) < 4.78 is 32.1. The lowest BCUT2D eigenvalue weighted by atomic mass is 10.2. The number of aromatic nitrogens is 1. The highest BCUT2D eigenvalue weighted by Gasteiger charge is 2.30. The van der Waals surface area contributed by atoms with Crippen LogP contribution in [0.5, 0.6) is 0 Å². The summed E-state index contributed by atoms with van der Waals surface area (Å²) in [6, 6.07) is 3.39. The molecule has 1 aromatic rings. The predicted molar refractivity (Wildman–Crippen MR) is 80.4 cm³/mol. The van der Waals surface area contributed by atoms with E-state index in [-0.39, 0.29) is 11.1 Å². The number of nitrogens with one attached hydrogen (secondary N) is 1. The van der Waals surface area contributed by atoms with E-state index in [1.165, 1.54) is 4.31 Å². The van der Waals surface area contributed by atoms with E-state index >= 15 is 0 Å². The molecule has 2 heterocycles. The van der Waals surface area contributed by atoms with Gasteiger partial charge in [-0.25, -0.2) is 13.4 Å². The molecule has 0 aliphatic carbocycles. The summed E-state index contributed by atoms with van der Waals surface area (Å²) >= 11 is 0. The Morgan fingerprint density at radius 3 is 2.86 bits per heavy atom. The van der Waals surface area contributed by atoms with Crippen LogP contribution in [0.15, 0.2) is 23.4 Å². The van der Waals surface area contributed by atoms with Crippen LogP contribution in [-0.2, 0) is 21.3 Å². The second kappa shape index (κ2) is 7.31. The summed E-state index contributed by atoms with van der Waals surface area (Å²) in [5.74, 6) is 0. The van der Waals surface area contributed by atoms with Crippen LogP contribution in [0.1, 0.15) is 25.8 Å². The molecule has 0 saturated carbocycles. The van der Waals surface area contributed by atoms with E-state index in [2.05, 4.69) is 10.3 Å². The van der Waals surface area contributed by atoms with Crippen molar-refractivity contribution in [3.63, 3.8) is 0 Å². The number of ether oxygens (including phenoxy) is 1. The van der Waals surface area contributed by atoms with Crippen LogP contribution in [0.25, 0.3) is 0 Å². The molecular weight excluding hydrogens is 290 g/mol. The van der Waals surface area contributed by atoms with Gasteiger partial charge in [-0.2, -0.15) is 4.31 Å². The number of pyridine rings is 1. The quantitative estimate of drug-likeness (QED) is 0.848. The highest BCUT2D eigenvalue weighted by Crippen LogP contribution is 2.18. The Hall–Kier alpha value is -1.02. The molecule has 0 bridgehead atoms. The second-order valence-electron chi connectivity index (χ2n) is 5.05. The van der Waals surface area contributed by atoms with Crippen LogP contribution >= 0.6 is 0 Å². The summed E-state index contributed by atoms with van der Waals surface area (Å²) in [5.41, 5.74) is 0.976. The Balaban J connectivity index is 2.11. The molecule has 1 N–H and O–H groups in total. The predicted octanol–water partition coefficient (Wildman–Crippen LogP) is 0.991. The van der Waals surface area contributed by atoms with Gasteiger partial charge in [0, 0.05) is 25.8 Å². The summed E-state index contributed by atoms with van der Waals surface area (Å²) in [5, 5.41) is 3.29. The third-order valence-electron chi connectivity index (χ3n) is 3.54. The standard InChI is InChI=1S/C14H23N3O3S/c1-3-13-11-17(7-8-20-13)21(18,19)14-6-5-12(10-16-14)9-15-4-2/h5-6,10,13,15H,3-4,7-9,11H2,1-2H3. The van der Waals surface area contributed by atoms with E-state index in [0.29, 0.717) is 26.2 Å². The molecule has 0 aromatic carbocycles. The van der Waals surface area contributed by atoms with Crippen LogP contribution in [0, 0.1) is 0 Å². The van der Waals surface area contributed by atoms with Crippen molar-refractivity contribution in [1.29, 1.82) is 0 Å². The largest absolute Gasteiger partial charge is 0.375 e. The van der Waals surface area contributed by atoms with Crippen molar-refractivity contribution < 1.29 is 13.2 Å². The fourth-order valence-corrected chi connectivity index (χ4v) is 3.60. The number of nitrogens with zero attached hydrogens (tertiary/aromatic N) is 2. The van der Waals surface area contributed by atoms with Crippen LogP contribution in [0.3, 0.4) is 0 Å². The first-order chi connectivity index (χ1) is 10.1. The molecule has 1 aliphatic rings. The van der Waals surface area contributed by atoms with Gasteiger partial charge in [0.05, 0.1) is 12.7 Å². The zero-order valence-electron chi connectivity index (χ0n) is 12.6. The molecule has 0 amide bonds. The molecular formula is C14H23N3O3S. The van der Waals surface area contributed by atoms with Crippen molar-refractivity contribution in [3.05, 3.63) is 23.9 Å². The lowest BCUT2D eigenvalue weighted by Gasteiger charge is -2.31. The third kappa shape index (κ3) is 4.00. The van der Waals surface area contributed by atoms with Crippen molar-refractivity contribution in [2.75, 3.05) is 26.2 Å². The summed E-state index contributed by atoms with van der Waals surface area (Å²) in [4.78, 5) is 4.12. The average molecular weight is 313 g/mol. The molecule has 1 aromatic heterocycles. The molecule has 2 rings (SSSR count). The SMILES string of the molecule is CCNCc1ccc(S(=O)(=O)N2CCOC(CC)C2)nc1. The van der Waals surface area contributed by atoms with Crippen LogP contribution in [0.2, 0.25) is 0 Å². The van der Waals surface area contributed by atoms with Gasteiger partial charge >= 0.3 is 0 Å². The maximum atomic E-state index is 12.6. The van der Waals surface area contributed by atoms with Gasteiger partial charge in [-0.1, -0.05) is 19.9 Å². The van der Waals surface area contributed by atoms with Crippen molar-refractivity contribution in [2.45, 2.75) is 37.9 Å². The summed E-state index contributed by atoms with van der Waals surface area (Å²) in [6.45, 7) is 6.81. The van der Waals surface area contributed by atoms with Crippen molar-refractivity contribution >= 4 is 10.0 Å². The van der Waals surface area contributed by atoms with Gasteiger partial charge in [0.25, 0.3) is 10.0 Å². The van der Waals surface area contributed by atoms with Crippen LogP contribution < -0.4 is 5.32 Å². The molecule has 1 atom stereocenters. The normalized spacial score (nSPS) is 20.6. The topological polar surface area (TPSA) is 71.5 Å². The molecule has 21 heavy (non-hydrogen) atoms. The van der Waals surface area contributed by atoms with Gasteiger partial charge in [0.15, 0.2) is 5.03 Å². The van der Waals surface area contributed by atoms with Gasteiger partial charge in [-0.15, -0.1) is 0 Å². The molecule has 0 radical (unpaired) electrons. The lowest BCUT2D eigenvalue weighted by Crippen LogP contribution is -2.45.